The molecule has 0 radical (unpaired) electrons. The van der Waals surface area contributed by atoms with Crippen molar-refractivity contribution >= 4 is 5.97 Å². The number of ether oxygens (including phenoxy) is 1. The molecular formula is C13H24O3. The summed E-state index contributed by atoms with van der Waals surface area (Å²) in [5.41, 5.74) is -1.33. The second-order valence-electron chi connectivity index (χ2n) is 5.37. The van der Waals surface area contributed by atoms with Crippen molar-refractivity contribution in [1.29, 1.82) is 0 Å². The van der Waals surface area contributed by atoms with Crippen LogP contribution in [0.3, 0.4) is 0 Å². The van der Waals surface area contributed by atoms with Crippen LogP contribution >= 0.6 is 0 Å². The molecule has 94 valence electrons. The molecule has 1 N–H and O–H groups in total. The number of hydrogen-bond donors (Lipinski definition) is 1. The molecule has 0 amide bonds. The smallest absolute Gasteiger partial charge is 0.338 e. The van der Waals surface area contributed by atoms with Crippen molar-refractivity contribution in [3.8, 4) is 0 Å². The Morgan fingerprint density at radius 3 is 2.62 bits per heavy atom. The fourth-order valence-electron chi connectivity index (χ4n) is 2.74. The summed E-state index contributed by atoms with van der Waals surface area (Å²) in [7, 11) is 0. The van der Waals surface area contributed by atoms with Crippen molar-refractivity contribution < 1.29 is 14.6 Å². The van der Waals surface area contributed by atoms with Gasteiger partial charge in [0.15, 0.2) is 5.60 Å². The van der Waals surface area contributed by atoms with E-state index in [2.05, 4.69) is 13.8 Å². The summed E-state index contributed by atoms with van der Waals surface area (Å²) in [5.74, 6) is 0.522. The zero-order valence-electron chi connectivity index (χ0n) is 10.8. The maximum Gasteiger partial charge on any atom is 0.338 e. The maximum absolute atomic E-state index is 11.7. The van der Waals surface area contributed by atoms with Gasteiger partial charge >= 0.3 is 5.97 Å². The van der Waals surface area contributed by atoms with Gasteiger partial charge in [0.25, 0.3) is 0 Å². The van der Waals surface area contributed by atoms with Crippen LogP contribution < -0.4 is 0 Å². The van der Waals surface area contributed by atoms with Crippen molar-refractivity contribution in [3.05, 3.63) is 0 Å². The molecule has 0 bridgehead atoms. The molecule has 0 aromatic carbocycles. The van der Waals surface area contributed by atoms with Gasteiger partial charge in [-0.2, -0.15) is 0 Å². The molecule has 1 aliphatic carbocycles. The molecule has 3 heteroatoms. The first kappa shape index (κ1) is 13.5. The predicted octanol–water partition coefficient (Wildman–Crippen LogP) is 2.37. The first-order valence-electron chi connectivity index (χ1n) is 6.29. The highest BCUT2D eigenvalue weighted by Gasteiger charge is 2.45. The first-order chi connectivity index (χ1) is 7.39. The number of carbonyl (C=O) groups is 1. The van der Waals surface area contributed by atoms with Crippen molar-refractivity contribution in [2.45, 2.75) is 52.6 Å². The van der Waals surface area contributed by atoms with Crippen molar-refractivity contribution in [3.63, 3.8) is 0 Å². The van der Waals surface area contributed by atoms with Gasteiger partial charge in [-0.3, -0.25) is 0 Å². The Morgan fingerprint density at radius 2 is 2.06 bits per heavy atom. The van der Waals surface area contributed by atoms with Gasteiger partial charge in [-0.05, 0) is 32.1 Å². The Bertz CT molecular complexity index is 248. The summed E-state index contributed by atoms with van der Waals surface area (Å²) in [6.45, 7) is 7.99. The van der Waals surface area contributed by atoms with E-state index >= 15 is 0 Å². The molecule has 0 aromatic rings. The van der Waals surface area contributed by atoms with Gasteiger partial charge in [0.05, 0.1) is 6.61 Å². The molecule has 0 heterocycles. The molecule has 4 atom stereocenters. The van der Waals surface area contributed by atoms with Crippen molar-refractivity contribution in [2.75, 3.05) is 6.61 Å². The van der Waals surface area contributed by atoms with Gasteiger partial charge in [-0.15, -0.1) is 0 Å². The molecule has 0 spiro atoms. The summed E-state index contributed by atoms with van der Waals surface area (Å²) in [5, 5.41) is 10.4. The monoisotopic (exact) mass is 228 g/mol. The standard InChI is InChI=1S/C13H24O3/c1-5-16-12(14)13(4,15)11-8-9(2)6-7-10(11)3/h9-11,15H,5-8H2,1-4H3. The zero-order chi connectivity index (χ0) is 12.3. The molecule has 0 aliphatic heterocycles. The van der Waals surface area contributed by atoms with Gasteiger partial charge in [-0.1, -0.05) is 26.7 Å². The molecule has 4 unspecified atom stereocenters. The molecule has 1 rings (SSSR count). The van der Waals surface area contributed by atoms with Crippen LogP contribution in [0, 0.1) is 17.8 Å². The van der Waals surface area contributed by atoms with E-state index in [9.17, 15) is 9.90 Å². The molecule has 16 heavy (non-hydrogen) atoms. The average Bonchev–Trinajstić information content (AvgIpc) is 2.22. The van der Waals surface area contributed by atoms with Crippen LogP contribution in [0.15, 0.2) is 0 Å². The van der Waals surface area contributed by atoms with E-state index in [0.29, 0.717) is 18.4 Å². The Balaban J connectivity index is 2.75. The normalized spacial score (nSPS) is 34.2. The Morgan fingerprint density at radius 1 is 1.44 bits per heavy atom. The number of hydrogen-bond acceptors (Lipinski definition) is 3. The summed E-state index contributed by atoms with van der Waals surface area (Å²) >= 11 is 0. The highest BCUT2D eigenvalue weighted by Crippen LogP contribution is 2.40. The van der Waals surface area contributed by atoms with E-state index in [0.717, 1.165) is 12.8 Å². The highest BCUT2D eigenvalue weighted by molar-refractivity contribution is 5.79. The van der Waals surface area contributed by atoms with Crippen LogP contribution in [-0.2, 0) is 9.53 Å². The van der Waals surface area contributed by atoms with E-state index in [1.165, 1.54) is 6.42 Å². The van der Waals surface area contributed by atoms with E-state index in [4.69, 9.17) is 4.74 Å². The number of rotatable bonds is 3. The number of aliphatic hydroxyl groups is 1. The zero-order valence-corrected chi connectivity index (χ0v) is 10.8. The lowest BCUT2D eigenvalue weighted by Crippen LogP contribution is -2.48. The predicted molar refractivity (Wildman–Crippen MR) is 62.9 cm³/mol. The maximum atomic E-state index is 11.7. The second-order valence-corrected chi connectivity index (χ2v) is 5.37. The fourth-order valence-corrected chi connectivity index (χ4v) is 2.74. The third-order valence-corrected chi connectivity index (χ3v) is 3.87. The largest absolute Gasteiger partial charge is 0.464 e. The van der Waals surface area contributed by atoms with E-state index in [1.807, 2.05) is 0 Å². The second kappa shape index (κ2) is 5.17. The molecule has 3 nitrogen and oxygen atoms in total. The van der Waals surface area contributed by atoms with Gasteiger partial charge in [0.1, 0.15) is 0 Å². The molecular weight excluding hydrogens is 204 g/mol. The van der Waals surface area contributed by atoms with Crippen molar-refractivity contribution in [1.82, 2.24) is 0 Å². The minimum absolute atomic E-state index is 0.0234. The van der Waals surface area contributed by atoms with Crippen LogP contribution in [0.25, 0.3) is 0 Å². The minimum Gasteiger partial charge on any atom is -0.464 e. The van der Waals surface area contributed by atoms with Crippen molar-refractivity contribution in [2.24, 2.45) is 17.8 Å². The molecule has 0 saturated heterocycles. The Hall–Kier alpha value is -0.570. The molecule has 0 aromatic heterocycles. The van der Waals surface area contributed by atoms with E-state index in [-0.39, 0.29) is 5.92 Å². The van der Waals surface area contributed by atoms with Gasteiger partial charge < -0.3 is 9.84 Å². The van der Waals surface area contributed by atoms with Crippen LogP contribution in [0.2, 0.25) is 0 Å². The van der Waals surface area contributed by atoms with Crippen LogP contribution in [0.5, 0.6) is 0 Å². The third kappa shape index (κ3) is 2.76. The quantitative estimate of drug-likeness (QED) is 0.754. The Labute approximate surface area is 98.2 Å². The van der Waals surface area contributed by atoms with Crippen LogP contribution in [-0.4, -0.2) is 23.3 Å². The fraction of sp³-hybridized carbons (Fsp3) is 0.923. The minimum atomic E-state index is -1.33. The lowest BCUT2D eigenvalue weighted by Gasteiger charge is -2.40. The number of carbonyl (C=O) groups excluding carboxylic acids is 1. The molecule has 1 fully saturated rings. The average molecular weight is 228 g/mol. The Kier molecular flexibility index (Phi) is 4.36. The van der Waals surface area contributed by atoms with E-state index < -0.39 is 11.6 Å². The topological polar surface area (TPSA) is 46.5 Å². The van der Waals surface area contributed by atoms with Gasteiger partial charge in [0.2, 0.25) is 0 Å². The molecule has 1 aliphatic rings. The summed E-state index contributed by atoms with van der Waals surface area (Å²) in [6, 6.07) is 0. The summed E-state index contributed by atoms with van der Waals surface area (Å²) in [4.78, 5) is 11.7. The highest BCUT2D eigenvalue weighted by atomic mass is 16.5. The lowest BCUT2D eigenvalue weighted by atomic mass is 9.68. The molecule has 1 saturated carbocycles. The van der Waals surface area contributed by atoms with E-state index in [1.54, 1.807) is 13.8 Å². The van der Waals surface area contributed by atoms with Crippen LogP contribution in [0.4, 0.5) is 0 Å². The summed E-state index contributed by atoms with van der Waals surface area (Å²) < 4.78 is 4.95. The summed E-state index contributed by atoms with van der Waals surface area (Å²) in [6.07, 6.45) is 3.19. The lowest BCUT2D eigenvalue weighted by molar-refractivity contribution is -0.173. The SMILES string of the molecule is CCOC(=O)C(C)(O)C1CC(C)CCC1C. The number of esters is 1. The van der Waals surface area contributed by atoms with Gasteiger partial charge in [0, 0.05) is 5.92 Å². The first-order valence-corrected chi connectivity index (χ1v) is 6.29. The van der Waals surface area contributed by atoms with Crippen LogP contribution in [0.1, 0.15) is 47.0 Å². The third-order valence-electron chi connectivity index (χ3n) is 3.87. The van der Waals surface area contributed by atoms with Gasteiger partial charge in [-0.25, -0.2) is 4.79 Å².